The van der Waals surface area contributed by atoms with Crippen molar-refractivity contribution in [3.63, 3.8) is 0 Å². The maximum atomic E-state index is 12.7. The zero-order valence-electron chi connectivity index (χ0n) is 13.3. The first-order chi connectivity index (χ1) is 9.43. The van der Waals surface area contributed by atoms with Crippen molar-refractivity contribution in [2.45, 2.75) is 65.6 Å². The largest absolute Gasteiger partial charge is 0.342 e. The van der Waals surface area contributed by atoms with Gasteiger partial charge in [0, 0.05) is 6.04 Å². The molecule has 0 aromatic carbocycles. The Morgan fingerprint density at radius 1 is 1.25 bits per heavy atom. The molecule has 1 rings (SSSR count). The van der Waals surface area contributed by atoms with Crippen molar-refractivity contribution in [3.05, 3.63) is 0 Å². The second kappa shape index (κ2) is 7.91. The van der Waals surface area contributed by atoms with E-state index in [1.165, 1.54) is 0 Å². The summed E-state index contributed by atoms with van der Waals surface area (Å²) < 4.78 is 0. The van der Waals surface area contributed by atoms with Gasteiger partial charge in [-0.1, -0.05) is 27.7 Å². The third-order valence-corrected chi connectivity index (χ3v) is 4.80. The molecule has 0 radical (unpaired) electrons. The van der Waals surface area contributed by atoms with Crippen LogP contribution >= 0.6 is 11.8 Å². The highest BCUT2D eigenvalue weighted by atomic mass is 32.2. The SMILES string of the molecule is CCSCCC(C)N1C(=O)C(C(C)C)NC(=O)C1CC. The Hall–Kier alpha value is -0.710. The lowest BCUT2D eigenvalue weighted by Crippen LogP contribution is -2.66. The van der Waals surface area contributed by atoms with Crippen molar-refractivity contribution in [2.24, 2.45) is 5.92 Å². The van der Waals surface area contributed by atoms with E-state index in [1.54, 1.807) is 0 Å². The third-order valence-electron chi connectivity index (χ3n) is 3.87. The molecule has 1 N–H and O–H groups in total. The molecule has 2 amide bonds. The van der Waals surface area contributed by atoms with E-state index in [0.29, 0.717) is 6.42 Å². The van der Waals surface area contributed by atoms with E-state index in [0.717, 1.165) is 17.9 Å². The van der Waals surface area contributed by atoms with Crippen molar-refractivity contribution in [3.8, 4) is 0 Å². The fraction of sp³-hybridized carbons (Fsp3) is 0.867. The Kier molecular flexibility index (Phi) is 6.86. The summed E-state index contributed by atoms with van der Waals surface area (Å²) in [6.45, 7) is 10.1. The lowest BCUT2D eigenvalue weighted by molar-refractivity contribution is -0.153. The Morgan fingerprint density at radius 3 is 2.40 bits per heavy atom. The maximum absolute atomic E-state index is 12.7. The van der Waals surface area contributed by atoms with Crippen LogP contribution in [0.15, 0.2) is 0 Å². The van der Waals surface area contributed by atoms with Crippen LogP contribution in [0.5, 0.6) is 0 Å². The second-order valence-electron chi connectivity index (χ2n) is 5.73. The van der Waals surface area contributed by atoms with Gasteiger partial charge in [-0.25, -0.2) is 0 Å². The van der Waals surface area contributed by atoms with Crippen molar-refractivity contribution in [1.29, 1.82) is 0 Å². The minimum atomic E-state index is -0.369. The van der Waals surface area contributed by atoms with Gasteiger partial charge in [-0.3, -0.25) is 9.59 Å². The summed E-state index contributed by atoms with van der Waals surface area (Å²) >= 11 is 1.88. The molecule has 0 spiro atoms. The smallest absolute Gasteiger partial charge is 0.246 e. The van der Waals surface area contributed by atoms with Crippen LogP contribution in [0.4, 0.5) is 0 Å². The van der Waals surface area contributed by atoms with Crippen molar-refractivity contribution in [1.82, 2.24) is 10.2 Å². The number of hydrogen-bond donors (Lipinski definition) is 1. The van der Waals surface area contributed by atoms with Crippen molar-refractivity contribution < 1.29 is 9.59 Å². The molecular formula is C15H28N2O2S. The van der Waals surface area contributed by atoms with Gasteiger partial charge in [0.15, 0.2) is 0 Å². The summed E-state index contributed by atoms with van der Waals surface area (Å²) in [6.07, 6.45) is 1.62. The molecule has 20 heavy (non-hydrogen) atoms. The van der Waals surface area contributed by atoms with Crippen LogP contribution in [0, 0.1) is 5.92 Å². The monoisotopic (exact) mass is 300 g/mol. The third kappa shape index (κ3) is 3.90. The fourth-order valence-electron chi connectivity index (χ4n) is 2.65. The summed E-state index contributed by atoms with van der Waals surface area (Å²) in [4.78, 5) is 26.7. The minimum Gasteiger partial charge on any atom is -0.342 e. The highest BCUT2D eigenvalue weighted by Crippen LogP contribution is 2.22. The lowest BCUT2D eigenvalue weighted by atomic mass is 9.95. The molecular weight excluding hydrogens is 272 g/mol. The number of carbonyl (C=O) groups is 2. The van der Waals surface area contributed by atoms with Gasteiger partial charge in [0.1, 0.15) is 12.1 Å². The molecule has 1 aliphatic heterocycles. The predicted octanol–water partition coefficient (Wildman–Crippen LogP) is 2.28. The second-order valence-corrected chi connectivity index (χ2v) is 7.13. The molecule has 0 bridgehead atoms. The van der Waals surface area contributed by atoms with Crippen LogP contribution in [0.1, 0.15) is 47.5 Å². The molecule has 0 aromatic heterocycles. The standard InChI is InChI=1S/C15H28N2O2S/c1-6-12-14(18)16-13(10(3)4)15(19)17(12)11(5)8-9-20-7-2/h10-13H,6-9H2,1-5H3,(H,16,18). The van der Waals surface area contributed by atoms with Gasteiger partial charge in [-0.05, 0) is 37.2 Å². The quantitative estimate of drug-likeness (QED) is 0.734. The molecule has 5 heteroatoms. The molecule has 1 heterocycles. The molecule has 1 saturated heterocycles. The number of rotatable bonds is 7. The Balaban J connectivity index is 2.84. The van der Waals surface area contributed by atoms with Crippen LogP contribution in [0.25, 0.3) is 0 Å². The predicted molar refractivity (Wildman–Crippen MR) is 84.8 cm³/mol. The highest BCUT2D eigenvalue weighted by molar-refractivity contribution is 7.99. The van der Waals surface area contributed by atoms with E-state index in [-0.39, 0.29) is 35.9 Å². The van der Waals surface area contributed by atoms with Gasteiger partial charge in [-0.15, -0.1) is 0 Å². The first kappa shape index (κ1) is 17.3. The van der Waals surface area contributed by atoms with E-state index in [2.05, 4.69) is 19.2 Å². The Labute approximate surface area is 127 Å². The van der Waals surface area contributed by atoms with Gasteiger partial charge >= 0.3 is 0 Å². The maximum Gasteiger partial charge on any atom is 0.246 e. The van der Waals surface area contributed by atoms with Crippen LogP contribution in [0.2, 0.25) is 0 Å². The van der Waals surface area contributed by atoms with E-state index < -0.39 is 0 Å². The molecule has 0 aliphatic carbocycles. The van der Waals surface area contributed by atoms with Crippen LogP contribution in [-0.2, 0) is 9.59 Å². The number of hydrogen-bond acceptors (Lipinski definition) is 3. The first-order valence-electron chi connectivity index (χ1n) is 7.64. The Bertz CT molecular complexity index is 347. The molecule has 3 unspecified atom stereocenters. The van der Waals surface area contributed by atoms with E-state index in [1.807, 2.05) is 37.4 Å². The van der Waals surface area contributed by atoms with Crippen molar-refractivity contribution >= 4 is 23.6 Å². The van der Waals surface area contributed by atoms with Crippen molar-refractivity contribution in [2.75, 3.05) is 11.5 Å². The van der Waals surface area contributed by atoms with Crippen LogP contribution < -0.4 is 5.32 Å². The number of thioether (sulfide) groups is 1. The molecule has 0 aromatic rings. The summed E-state index contributed by atoms with van der Waals surface area (Å²) in [5.74, 6) is 2.34. The molecule has 1 aliphatic rings. The van der Waals surface area contributed by atoms with Gasteiger partial charge in [0.05, 0.1) is 0 Å². The van der Waals surface area contributed by atoms with Gasteiger partial charge in [0.2, 0.25) is 11.8 Å². The van der Waals surface area contributed by atoms with E-state index in [4.69, 9.17) is 0 Å². The molecule has 4 nitrogen and oxygen atoms in total. The molecule has 0 saturated carbocycles. The summed E-state index contributed by atoms with van der Waals surface area (Å²) in [5, 5.41) is 2.88. The van der Waals surface area contributed by atoms with Crippen LogP contribution in [-0.4, -0.2) is 46.3 Å². The molecule has 116 valence electrons. The number of amides is 2. The van der Waals surface area contributed by atoms with E-state index in [9.17, 15) is 9.59 Å². The lowest BCUT2D eigenvalue weighted by Gasteiger charge is -2.43. The number of nitrogens with one attached hydrogen (secondary N) is 1. The number of piperazine rings is 1. The fourth-order valence-corrected chi connectivity index (χ4v) is 3.44. The average molecular weight is 300 g/mol. The van der Waals surface area contributed by atoms with Gasteiger partial charge in [0.25, 0.3) is 0 Å². The Morgan fingerprint density at radius 2 is 1.90 bits per heavy atom. The highest BCUT2D eigenvalue weighted by Gasteiger charge is 2.42. The number of carbonyl (C=O) groups excluding carboxylic acids is 2. The molecule has 1 fully saturated rings. The summed E-state index contributed by atoms with van der Waals surface area (Å²) in [6, 6.07) is -0.551. The first-order valence-corrected chi connectivity index (χ1v) is 8.79. The van der Waals surface area contributed by atoms with Gasteiger partial charge < -0.3 is 10.2 Å². The summed E-state index contributed by atoms with van der Waals surface area (Å²) in [7, 11) is 0. The van der Waals surface area contributed by atoms with E-state index >= 15 is 0 Å². The minimum absolute atomic E-state index is 0.000736. The normalized spacial score (nSPS) is 25.0. The number of nitrogens with zero attached hydrogens (tertiary/aromatic N) is 1. The zero-order valence-corrected chi connectivity index (χ0v) is 14.1. The van der Waals surface area contributed by atoms with Crippen LogP contribution in [0.3, 0.4) is 0 Å². The van der Waals surface area contributed by atoms with Gasteiger partial charge in [-0.2, -0.15) is 11.8 Å². The zero-order chi connectivity index (χ0) is 15.3. The summed E-state index contributed by atoms with van der Waals surface area (Å²) in [5.41, 5.74) is 0. The molecule has 3 atom stereocenters. The topological polar surface area (TPSA) is 49.4 Å². The average Bonchev–Trinajstić information content (AvgIpc) is 2.40.